The summed E-state index contributed by atoms with van der Waals surface area (Å²) >= 11 is 27.7. The first-order chi connectivity index (χ1) is 26.4. The van der Waals surface area contributed by atoms with Gasteiger partial charge in [0.15, 0.2) is 4.21 Å². The van der Waals surface area contributed by atoms with Crippen molar-refractivity contribution in [2.45, 2.75) is 36.3 Å². The van der Waals surface area contributed by atoms with Gasteiger partial charge in [-0.25, -0.2) is 18.1 Å². The molecule has 0 saturated carbocycles. The molecule has 8 rings (SSSR count). The summed E-state index contributed by atoms with van der Waals surface area (Å²) in [6.07, 6.45) is 4.39. The molecule has 0 aliphatic carbocycles. The van der Waals surface area contributed by atoms with Crippen molar-refractivity contribution in [3.8, 4) is 44.0 Å². The van der Waals surface area contributed by atoms with Crippen LogP contribution in [-0.2, 0) is 23.0 Å². The van der Waals surface area contributed by atoms with E-state index in [2.05, 4.69) is 5.10 Å². The highest BCUT2D eigenvalue weighted by molar-refractivity contribution is 7.88. The van der Waals surface area contributed by atoms with E-state index in [9.17, 15) is 13.0 Å². The van der Waals surface area contributed by atoms with Crippen LogP contribution in [0.25, 0.3) is 44.2 Å². The van der Waals surface area contributed by atoms with Crippen LogP contribution < -0.4 is 9.47 Å². The lowest BCUT2D eigenvalue weighted by Gasteiger charge is -2.09. The van der Waals surface area contributed by atoms with Gasteiger partial charge < -0.3 is 9.47 Å². The van der Waals surface area contributed by atoms with Crippen LogP contribution in [0.3, 0.4) is 0 Å². The van der Waals surface area contributed by atoms with Crippen molar-refractivity contribution >= 4 is 90.8 Å². The molecule has 6 aromatic rings. The summed E-state index contributed by atoms with van der Waals surface area (Å²) in [5.41, 5.74) is 3.33. The summed E-state index contributed by atoms with van der Waals surface area (Å²) in [5, 5.41) is 12.6. The molecular weight excluding hydrogens is 856 g/mol. The molecule has 2 aliphatic rings. The predicted octanol–water partition coefficient (Wildman–Crippen LogP) is 11.7. The Labute approximate surface area is 341 Å². The van der Waals surface area contributed by atoms with Gasteiger partial charge in [-0.2, -0.15) is 18.6 Å². The maximum Gasteiger partial charge on any atom is 0.304 e. The predicted molar refractivity (Wildman–Crippen MR) is 214 cm³/mol. The lowest BCUT2D eigenvalue weighted by molar-refractivity contribution is 0.326. The van der Waals surface area contributed by atoms with E-state index in [-0.39, 0.29) is 52.2 Å². The molecule has 4 aromatic heterocycles. The van der Waals surface area contributed by atoms with Crippen LogP contribution in [0, 0.1) is 0 Å². The van der Waals surface area contributed by atoms with E-state index in [0.717, 1.165) is 16.2 Å². The molecule has 284 valence electrons. The Kier molecular flexibility index (Phi) is 10.6. The van der Waals surface area contributed by atoms with Gasteiger partial charge in [0.05, 0.1) is 55.8 Å². The summed E-state index contributed by atoms with van der Waals surface area (Å²) < 4.78 is 80.5. The minimum absolute atomic E-state index is 0.0188. The molecule has 55 heavy (non-hydrogen) atoms. The fourth-order valence-electron chi connectivity index (χ4n) is 6.51. The summed E-state index contributed by atoms with van der Waals surface area (Å²) in [6.45, 7) is 0.433. The highest BCUT2D eigenvalue weighted by atomic mass is 35.5. The Hall–Kier alpha value is -3.73. The van der Waals surface area contributed by atoms with E-state index in [1.54, 1.807) is 35.0 Å². The molecule has 2 aromatic carbocycles. The topological polar surface area (TPSA) is 108 Å². The van der Waals surface area contributed by atoms with Crippen LogP contribution >= 0.6 is 69.1 Å². The quantitative estimate of drug-likeness (QED) is 0.114. The molecule has 0 fully saturated rings. The number of hydrogen-bond donors (Lipinski definition) is 1. The number of thiophene rings is 2. The Morgan fingerprint density at radius 2 is 1.31 bits per heavy atom. The molecule has 9 nitrogen and oxygen atoms in total. The normalized spacial score (nSPS) is 14.3. The average Bonchev–Trinajstić information content (AvgIpc) is 3.89. The van der Waals surface area contributed by atoms with Gasteiger partial charge in [-0.1, -0.05) is 46.4 Å². The van der Waals surface area contributed by atoms with Crippen LogP contribution in [0.5, 0.6) is 11.5 Å². The summed E-state index contributed by atoms with van der Waals surface area (Å²) in [4.78, 5) is 1.14. The lowest BCUT2D eigenvalue weighted by atomic mass is 10.1. The maximum atomic E-state index is 16.1. The molecule has 0 radical (unpaired) electrons. The minimum atomic E-state index is -4.56. The zero-order valence-electron chi connectivity index (χ0n) is 28.2. The second-order valence-electron chi connectivity index (χ2n) is 12.4. The monoisotopic (exact) mass is 880 g/mol. The molecule has 18 heteroatoms. The van der Waals surface area contributed by atoms with Crippen molar-refractivity contribution in [3.63, 3.8) is 0 Å². The Morgan fingerprint density at radius 1 is 0.782 bits per heavy atom. The van der Waals surface area contributed by atoms with Crippen LogP contribution in [-0.4, -0.2) is 45.7 Å². The van der Waals surface area contributed by atoms with Gasteiger partial charge in [0, 0.05) is 40.1 Å². The van der Waals surface area contributed by atoms with Gasteiger partial charge in [0.2, 0.25) is 0 Å². The van der Waals surface area contributed by atoms with Crippen molar-refractivity contribution in [2.24, 2.45) is 0 Å². The molecule has 2 aliphatic heterocycles. The third-order valence-corrected chi connectivity index (χ3v) is 13.4. The molecule has 0 bridgehead atoms. The number of benzene rings is 2. The number of ether oxygens (including phenoxy) is 2. The molecule has 0 atom stereocenters. The third-order valence-electron chi connectivity index (χ3n) is 8.96. The molecule has 0 unspecified atom stereocenters. The molecule has 0 spiro atoms. The molecule has 1 N–H and O–H groups in total. The standard InChI is InChI=1S/C37H26Cl4F2N4O5S3/c38-19-6-8-27(23(40)16-19)46-34-21(10-13-51-29-12-15-53-36(29)34)32(44-46)25(42)4-2-1-3-5-26(43)33-22-11-14-52-30-18-31(55(48,49)50)54-37(30)35(22)47(45-33)28-9-7-20(39)17-24(28)41/h4-9,12,15-18H,1-3,10-11,13-14H2,(H,48,49,50)/b25-4-,26-5-. The largest absolute Gasteiger partial charge is 0.492 e. The molecule has 0 amide bonds. The molecule has 0 saturated heterocycles. The van der Waals surface area contributed by atoms with E-state index in [0.29, 0.717) is 79.0 Å². The molecule has 6 heterocycles. The van der Waals surface area contributed by atoms with Gasteiger partial charge in [-0.15, -0.1) is 22.7 Å². The number of fused-ring (bicyclic) bond motifs is 6. The van der Waals surface area contributed by atoms with E-state index in [1.165, 1.54) is 40.3 Å². The van der Waals surface area contributed by atoms with Crippen LogP contribution in [0.2, 0.25) is 20.1 Å². The van der Waals surface area contributed by atoms with Crippen molar-refractivity contribution in [3.05, 3.63) is 109 Å². The van der Waals surface area contributed by atoms with E-state index < -0.39 is 21.8 Å². The van der Waals surface area contributed by atoms with Crippen LogP contribution in [0.1, 0.15) is 41.8 Å². The number of aromatic nitrogens is 4. The van der Waals surface area contributed by atoms with E-state index in [1.807, 2.05) is 11.4 Å². The van der Waals surface area contributed by atoms with Gasteiger partial charge in [0.1, 0.15) is 34.5 Å². The smallest absolute Gasteiger partial charge is 0.304 e. The van der Waals surface area contributed by atoms with Crippen molar-refractivity contribution in [1.29, 1.82) is 0 Å². The first-order valence-corrected chi connectivity index (χ1v) is 21.4. The number of unbranched alkanes of at least 4 members (excludes halogenated alkanes) is 2. The van der Waals surface area contributed by atoms with E-state index >= 15 is 8.78 Å². The summed E-state index contributed by atoms with van der Waals surface area (Å²) in [7, 11) is -4.56. The van der Waals surface area contributed by atoms with Gasteiger partial charge in [0.25, 0.3) is 0 Å². The number of allylic oxidation sites excluding steroid dienone is 2. The number of rotatable bonds is 9. The number of halogens is 6. The second kappa shape index (κ2) is 15.3. The van der Waals surface area contributed by atoms with Gasteiger partial charge >= 0.3 is 10.1 Å². The van der Waals surface area contributed by atoms with Gasteiger partial charge in [-0.05, 0) is 79.3 Å². The summed E-state index contributed by atoms with van der Waals surface area (Å²) in [6, 6.07) is 12.9. The lowest BCUT2D eigenvalue weighted by Crippen LogP contribution is -2.01. The fourth-order valence-corrected chi connectivity index (χ4v) is 10.2. The van der Waals surface area contributed by atoms with Crippen molar-refractivity contribution < 1.29 is 31.2 Å². The van der Waals surface area contributed by atoms with Crippen molar-refractivity contribution in [2.75, 3.05) is 13.2 Å². The SMILES string of the molecule is O=S(=O)(O)c1cc2c(s1)-c1c(c(/C(F)=C/CCC/C=C(\F)c3nn(-c4ccc(Cl)cc4Cl)c4c3CCOc3ccsc3-4)nn1-c1ccc(Cl)cc1Cl)CCO2. The minimum Gasteiger partial charge on any atom is -0.492 e. The average molecular weight is 883 g/mol. The zero-order valence-corrected chi connectivity index (χ0v) is 33.6. The third kappa shape index (κ3) is 7.35. The Balaban J connectivity index is 1.08. The zero-order chi connectivity index (χ0) is 38.6. The van der Waals surface area contributed by atoms with Crippen LogP contribution in [0.4, 0.5) is 8.78 Å². The van der Waals surface area contributed by atoms with Crippen molar-refractivity contribution in [1.82, 2.24) is 19.6 Å². The Morgan fingerprint density at radius 3 is 1.84 bits per heavy atom. The Bertz CT molecular complexity index is 2670. The highest BCUT2D eigenvalue weighted by Gasteiger charge is 2.32. The summed E-state index contributed by atoms with van der Waals surface area (Å²) in [5.74, 6) is -0.266. The second-order valence-corrected chi connectivity index (χ2v) is 17.8. The first kappa shape index (κ1) is 38.2. The number of nitrogens with zero attached hydrogens (tertiary/aromatic N) is 4. The first-order valence-electron chi connectivity index (χ1n) is 16.7. The molecular formula is C37H26Cl4F2N4O5S3. The number of hydrogen-bond acceptors (Lipinski definition) is 8. The van der Waals surface area contributed by atoms with Gasteiger partial charge in [-0.3, -0.25) is 4.55 Å². The maximum absolute atomic E-state index is 16.1. The van der Waals surface area contributed by atoms with Crippen LogP contribution in [0.15, 0.2) is 70.3 Å². The fraction of sp³-hybridized carbons (Fsp3) is 0.189. The van der Waals surface area contributed by atoms with E-state index in [4.69, 9.17) is 61.0 Å². The highest BCUT2D eigenvalue weighted by Crippen LogP contribution is 2.47.